The van der Waals surface area contributed by atoms with Crippen LogP contribution in [0.1, 0.15) is 23.6 Å². The highest BCUT2D eigenvalue weighted by atomic mass is 15.3. The number of piperazine rings is 1. The SMILES string of the molecule is CN1CCN2c3ccccc3Cc3ccccc3C2(C)C1. The Balaban J connectivity index is 1.97. The van der Waals surface area contributed by atoms with Gasteiger partial charge in [-0.3, -0.25) is 0 Å². The minimum Gasteiger partial charge on any atom is -0.359 e. The Morgan fingerprint density at radius 2 is 1.62 bits per heavy atom. The van der Waals surface area contributed by atoms with Gasteiger partial charge in [0.05, 0.1) is 5.54 Å². The zero-order chi connectivity index (χ0) is 14.4. The van der Waals surface area contributed by atoms with Crippen molar-refractivity contribution in [1.82, 2.24) is 4.90 Å². The van der Waals surface area contributed by atoms with Crippen molar-refractivity contribution in [2.75, 3.05) is 31.6 Å². The minimum atomic E-state index is 0.0657. The van der Waals surface area contributed by atoms with E-state index in [0.29, 0.717) is 0 Å². The molecule has 2 heteroatoms. The fourth-order valence-electron chi connectivity index (χ4n) is 4.15. The first-order valence-electron chi connectivity index (χ1n) is 7.81. The fourth-order valence-corrected chi connectivity index (χ4v) is 4.15. The second-order valence-corrected chi connectivity index (χ2v) is 6.63. The molecule has 0 aromatic heterocycles. The van der Waals surface area contributed by atoms with Gasteiger partial charge in [0, 0.05) is 25.3 Å². The zero-order valence-electron chi connectivity index (χ0n) is 12.8. The summed E-state index contributed by atoms with van der Waals surface area (Å²) in [5, 5.41) is 0. The van der Waals surface area contributed by atoms with Gasteiger partial charge in [-0.2, -0.15) is 0 Å². The van der Waals surface area contributed by atoms with Gasteiger partial charge in [-0.1, -0.05) is 42.5 Å². The number of hydrogen-bond donors (Lipinski definition) is 0. The second kappa shape index (κ2) is 4.60. The van der Waals surface area contributed by atoms with Gasteiger partial charge in [0.2, 0.25) is 0 Å². The highest BCUT2D eigenvalue weighted by molar-refractivity contribution is 5.62. The van der Waals surface area contributed by atoms with Crippen LogP contribution < -0.4 is 4.90 Å². The van der Waals surface area contributed by atoms with E-state index < -0.39 is 0 Å². The monoisotopic (exact) mass is 278 g/mol. The number of benzene rings is 2. The number of likely N-dealkylation sites (N-methyl/N-ethyl adjacent to an activating group) is 1. The molecule has 1 unspecified atom stereocenters. The van der Waals surface area contributed by atoms with Crippen LogP contribution in [-0.2, 0) is 12.0 Å². The van der Waals surface area contributed by atoms with E-state index in [1.807, 2.05) is 0 Å². The summed E-state index contributed by atoms with van der Waals surface area (Å²) in [6.45, 7) is 5.71. The molecule has 2 nitrogen and oxygen atoms in total. The molecule has 108 valence electrons. The Hall–Kier alpha value is -1.80. The summed E-state index contributed by atoms with van der Waals surface area (Å²) in [6.07, 6.45) is 1.04. The molecular formula is C19H22N2. The summed E-state index contributed by atoms with van der Waals surface area (Å²) in [5.41, 5.74) is 5.91. The van der Waals surface area contributed by atoms with Gasteiger partial charge in [0.15, 0.2) is 0 Å². The largest absolute Gasteiger partial charge is 0.359 e. The van der Waals surface area contributed by atoms with Crippen molar-refractivity contribution in [2.24, 2.45) is 0 Å². The van der Waals surface area contributed by atoms with Crippen molar-refractivity contribution in [3.63, 3.8) is 0 Å². The molecule has 2 aromatic carbocycles. The van der Waals surface area contributed by atoms with Crippen molar-refractivity contribution in [3.05, 3.63) is 65.2 Å². The Morgan fingerprint density at radius 3 is 2.48 bits per heavy atom. The molecule has 2 aliphatic rings. The number of nitrogens with zero attached hydrogens (tertiary/aromatic N) is 2. The molecule has 0 radical (unpaired) electrons. The minimum absolute atomic E-state index is 0.0657. The summed E-state index contributed by atoms with van der Waals surface area (Å²) in [4.78, 5) is 5.09. The maximum atomic E-state index is 2.63. The molecule has 1 saturated heterocycles. The second-order valence-electron chi connectivity index (χ2n) is 6.63. The van der Waals surface area contributed by atoms with Crippen LogP contribution in [-0.4, -0.2) is 31.6 Å². The zero-order valence-corrected chi connectivity index (χ0v) is 12.8. The van der Waals surface area contributed by atoms with Crippen LogP contribution in [0.25, 0.3) is 0 Å². The fraction of sp³-hybridized carbons (Fsp3) is 0.368. The van der Waals surface area contributed by atoms with Crippen molar-refractivity contribution in [2.45, 2.75) is 18.9 Å². The van der Waals surface area contributed by atoms with Gasteiger partial charge in [-0.15, -0.1) is 0 Å². The van der Waals surface area contributed by atoms with Gasteiger partial charge in [-0.25, -0.2) is 0 Å². The molecule has 0 saturated carbocycles. The van der Waals surface area contributed by atoms with Crippen LogP contribution >= 0.6 is 0 Å². The smallest absolute Gasteiger partial charge is 0.0755 e. The molecule has 0 N–H and O–H groups in total. The van der Waals surface area contributed by atoms with E-state index in [1.165, 1.54) is 22.4 Å². The normalized spacial score (nSPS) is 24.8. The molecule has 0 bridgehead atoms. The first-order valence-corrected chi connectivity index (χ1v) is 7.81. The van der Waals surface area contributed by atoms with E-state index in [9.17, 15) is 0 Å². The van der Waals surface area contributed by atoms with Gasteiger partial charge in [0.1, 0.15) is 0 Å². The van der Waals surface area contributed by atoms with E-state index in [-0.39, 0.29) is 5.54 Å². The quantitative estimate of drug-likeness (QED) is 0.730. The lowest BCUT2D eigenvalue weighted by Crippen LogP contribution is -2.58. The van der Waals surface area contributed by atoms with Crippen LogP contribution in [0.15, 0.2) is 48.5 Å². The van der Waals surface area contributed by atoms with Gasteiger partial charge in [-0.05, 0) is 43.1 Å². The van der Waals surface area contributed by atoms with Crippen molar-refractivity contribution in [3.8, 4) is 0 Å². The molecule has 0 amide bonds. The van der Waals surface area contributed by atoms with Gasteiger partial charge in [0.25, 0.3) is 0 Å². The summed E-state index contributed by atoms with van der Waals surface area (Å²) in [5.74, 6) is 0. The maximum absolute atomic E-state index is 2.63. The van der Waals surface area contributed by atoms with E-state index in [1.54, 1.807) is 0 Å². The maximum Gasteiger partial charge on any atom is 0.0755 e. The first-order chi connectivity index (χ1) is 10.2. The Labute approximate surface area is 127 Å². The average molecular weight is 278 g/mol. The third-order valence-corrected chi connectivity index (χ3v) is 5.14. The number of hydrogen-bond acceptors (Lipinski definition) is 2. The van der Waals surface area contributed by atoms with Crippen molar-refractivity contribution in [1.29, 1.82) is 0 Å². The molecule has 2 heterocycles. The van der Waals surface area contributed by atoms with Crippen molar-refractivity contribution < 1.29 is 0 Å². The lowest BCUT2D eigenvalue weighted by molar-refractivity contribution is 0.206. The molecule has 1 atom stereocenters. The third-order valence-electron chi connectivity index (χ3n) is 5.14. The molecule has 4 rings (SSSR count). The summed E-state index contributed by atoms with van der Waals surface area (Å²) in [7, 11) is 2.24. The number of rotatable bonds is 0. The molecule has 0 aliphatic carbocycles. The summed E-state index contributed by atoms with van der Waals surface area (Å²) >= 11 is 0. The predicted octanol–water partition coefficient (Wildman–Crippen LogP) is 3.26. The number of para-hydroxylation sites is 1. The van der Waals surface area contributed by atoms with Crippen molar-refractivity contribution >= 4 is 5.69 Å². The van der Waals surface area contributed by atoms with Crippen LogP contribution in [0, 0.1) is 0 Å². The molecule has 1 fully saturated rings. The third kappa shape index (κ3) is 1.90. The van der Waals surface area contributed by atoms with Crippen LogP contribution in [0.3, 0.4) is 0 Å². The predicted molar refractivity (Wildman–Crippen MR) is 87.9 cm³/mol. The van der Waals surface area contributed by atoms with Gasteiger partial charge >= 0.3 is 0 Å². The van der Waals surface area contributed by atoms with Crippen LogP contribution in [0.4, 0.5) is 5.69 Å². The Morgan fingerprint density at radius 1 is 0.905 bits per heavy atom. The van der Waals surface area contributed by atoms with E-state index >= 15 is 0 Å². The molecular weight excluding hydrogens is 256 g/mol. The highest BCUT2D eigenvalue weighted by Gasteiger charge is 2.41. The number of fused-ring (bicyclic) bond motifs is 5. The first kappa shape index (κ1) is 12.9. The van der Waals surface area contributed by atoms with Crippen LogP contribution in [0.5, 0.6) is 0 Å². The lowest BCUT2D eigenvalue weighted by atomic mass is 9.84. The molecule has 2 aromatic rings. The van der Waals surface area contributed by atoms with E-state index in [0.717, 1.165) is 26.1 Å². The summed E-state index contributed by atoms with van der Waals surface area (Å²) < 4.78 is 0. The highest BCUT2D eigenvalue weighted by Crippen LogP contribution is 2.42. The molecule has 0 spiro atoms. The van der Waals surface area contributed by atoms with Crippen LogP contribution in [0.2, 0.25) is 0 Å². The lowest BCUT2D eigenvalue weighted by Gasteiger charge is -2.49. The molecule has 21 heavy (non-hydrogen) atoms. The average Bonchev–Trinajstić information content (AvgIpc) is 2.59. The van der Waals surface area contributed by atoms with E-state index in [2.05, 4.69) is 72.3 Å². The Kier molecular flexibility index (Phi) is 2.83. The topological polar surface area (TPSA) is 6.48 Å². The molecule has 2 aliphatic heterocycles. The summed E-state index contributed by atoms with van der Waals surface area (Å²) in [6, 6.07) is 17.9. The number of anilines is 1. The Bertz CT molecular complexity index is 679. The van der Waals surface area contributed by atoms with Gasteiger partial charge < -0.3 is 9.80 Å². The standard InChI is InChI=1S/C19H22N2/c1-19-14-20(2)11-12-21(19)18-10-6-4-8-16(18)13-15-7-3-5-9-17(15)19/h3-10H,11-14H2,1-2H3. The van der Waals surface area contributed by atoms with E-state index in [4.69, 9.17) is 0 Å².